The molecule has 0 aliphatic heterocycles. The summed E-state index contributed by atoms with van der Waals surface area (Å²) in [6.07, 6.45) is -0.685. The van der Waals surface area contributed by atoms with E-state index in [0.717, 1.165) is 11.1 Å². The minimum atomic E-state index is -0.546. The van der Waals surface area contributed by atoms with Crippen molar-refractivity contribution in [3.05, 3.63) is 34.9 Å². The molecule has 0 saturated heterocycles. The Morgan fingerprint density at radius 2 is 1.88 bits per heavy atom. The van der Waals surface area contributed by atoms with Crippen LogP contribution in [0.5, 0.6) is 0 Å². The van der Waals surface area contributed by atoms with Crippen molar-refractivity contribution < 1.29 is 9.84 Å². The molecule has 2 heteroatoms. The zero-order chi connectivity index (χ0) is 13.0. The lowest BCUT2D eigenvalue weighted by Crippen LogP contribution is -2.28. The van der Waals surface area contributed by atoms with Crippen molar-refractivity contribution in [2.45, 2.75) is 46.8 Å². The lowest BCUT2D eigenvalue weighted by atomic mass is 9.92. The molecule has 0 fully saturated rings. The smallest absolute Gasteiger partial charge is 0.106 e. The molecule has 0 heterocycles. The number of aliphatic hydroxyl groups excluding tert-OH is 1. The number of benzene rings is 1. The Bertz CT molecular complexity index is 358. The fourth-order valence-electron chi connectivity index (χ4n) is 2.10. The summed E-state index contributed by atoms with van der Waals surface area (Å²) < 4.78 is 5.66. The van der Waals surface area contributed by atoms with Crippen LogP contribution in [0.4, 0.5) is 0 Å². The van der Waals surface area contributed by atoms with Crippen molar-refractivity contribution in [2.24, 2.45) is 5.92 Å². The topological polar surface area (TPSA) is 29.5 Å². The summed E-state index contributed by atoms with van der Waals surface area (Å²) in [5.41, 5.74) is 3.27. The Labute approximate surface area is 105 Å². The lowest BCUT2D eigenvalue weighted by molar-refractivity contribution is -0.0587. The van der Waals surface area contributed by atoms with Gasteiger partial charge in [0.15, 0.2) is 0 Å². The van der Waals surface area contributed by atoms with E-state index in [2.05, 4.69) is 32.0 Å². The summed E-state index contributed by atoms with van der Waals surface area (Å²) in [7, 11) is 0. The summed E-state index contributed by atoms with van der Waals surface area (Å²) in [6.45, 7) is 10.8. The second-order valence-electron chi connectivity index (χ2n) is 4.97. The highest BCUT2D eigenvalue weighted by molar-refractivity contribution is 5.32. The summed E-state index contributed by atoms with van der Waals surface area (Å²) in [5.74, 6) is 0.296. The Hall–Kier alpha value is -0.860. The number of ether oxygens (including phenoxy) is 1. The highest BCUT2D eigenvalue weighted by Crippen LogP contribution is 2.27. The summed E-state index contributed by atoms with van der Waals surface area (Å²) in [4.78, 5) is 0. The molecule has 2 nitrogen and oxygen atoms in total. The molecule has 0 spiro atoms. The fraction of sp³-hybridized carbons (Fsp3) is 0.600. The number of rotatable bonds is 5. The van der Waals surface area contributed by atoms with Crippen molar-refractivity contribution >= 4 is 0 Å². The van der Waals surface area contributed by atoms with E-state index in [4.69, 9.17) is 4.74 Å². The first kappa shape index (κ1) is 14.2. The van der Waals surface area contributed by atoms with Crippen molar-refractivity contribution in [1.82, 2.24) is 0 Å². The molecule has 0 aromatic heterocycles. The van der Waals surface area contributed by atoms with Gasteiger partial charge >= 0.3 is 0 Å². The largest absolute Gasteiger partial charge is 0.386 e. The van der Waals surface area contributed by atoms with Gasteiger partial charge in [-0.2, -0.15) is 0 Å². The van der Waals surface area contributed by atoms with Gasteiger partial charge in [-0.05, 0) is 37.8 Å². The highest BCUT2D eigenvalue weighted by atomic mass is 16.5. The van der Waals surface area contributed by atoms with E-state index in [-0.39, 0.29) is 6.10 Å². The van der Waals surface area contributed by atoms with E-state index in [1.807, 2.05) is 20.8 Å². The molecule has 96 valence electrons. The average molecular weight is 236 g/mol. The molecular formula is C15H24O2. The first-order valence-corrected chi connectivity index (χ1v) is 6.34. The van der Waals surface area contributed by atoms with Crippen LogP contribution in [0, 0.1) is 19.8 Å². The van der Waals surface area contributed by atoms with E-state index >= 15 is 0 Å². The molecule has 0 bridgehead atoms. The Kier molecular flexibility index (Phi) is 5.16. The third-order valence-corrected chi connectivity index (χ3v) is 3.08. The zero-order valence-electron chi connectivity index (χ0n) is 11.5. The standard InChI is InChI=1S/C15H24O2/c1-6-17-15(10(2)3)14(16)13-9-11(4)7-8-12(13)5/h7-10,14-16H,6H2,1-5H3. The molecule has 1 N–H and O–H groups in total. The number of hydrogen-bond acceptors (Lipinski definition) is 2. The Balaban J connectivity index is 2.99. The molecule has 1 aromatic carbocycles. The van der Waals surface area contributed by atoms with Crippen molar-refractivity contribution in [1.29, 1.82) is 0 Å². The molecule has 0 aliphatic carbocycles. The molecule has 0 saturated carbocycles. The van der Waals surface area contributed by atoms with Crippen LogP contribution in [0.2, 0.25) is 0 Å². The second kappa shape index (κ2) is 6.18. The van der Waals surface area contributed by atoms with Crippen LogP contribution in [-0.2, 0) is 4.74 Å². The second-order valence-corrected chi connectivity index (χ2v) is 4.97. The van der Waals surface area contributed by atoms with Crippen LogP contribution in [0.25, 0.3) is 0 Å². The van der Waals surface area contributed by atoms with Gasteiger partial charge in [0, 0.05) is 6.61 Å². The normalized spacial score (nSPS) is 15.0. The molecule has 1 aromatic rings. The van der Waals surface area contributed by atoms with Crippen LogP contribution < -0.4 is 0 Å². The van der Waals surface area contributed by atoms with Gasteiger partial charge in [-0.1, -0.05) is 37.6 Å². The maximum Gasteiger partial charge on any atom is 0.106 e. The third kappa shape index (κ3) is 3.55. The van der Waals surface area contributed by atoms with E-state index in [1.165, 1.54) is 5.56 Å². The molecule has 0 radical (unpaired) electrons. The molecule has 2 atom stereocenters. The summed E-state index contributed by atoms with van der Waals surface area (Å²) >= 11 is 0. The van der Waals surface area contributed by atoms with Crippen molar-refractivity contribution in [3.63, 3.8) is 0 Å². The van der Waals surface area contributed by atoms with Crippen molar-refractivity contribution in [2.75, 3.05) is 6.61 Å². The van der Waals surface area contributed by atoms with E-state index in [1.54, 1.807) is 0 Å². The molecule has 0 amide bonds. The van der Waals surface area contributed by atoms with Gasteiger partial charge < -0.3 is 9.84 Å². The Morgan fingerprint density at radius 3 is 2.41 bits per heavy atom. The number of aliphatic hydroxyl groups is 1. The lowest BCUT2D eigenvalue weighted by Gasteiger charge is -2.27. The first-order valence-electron chi connectivity index (χ1n) is 6.34. The third-order valence-electron chi connectivity index (χ3n) is 3.08. The van der Waals surface area contributed by atoms with Gasteiger partial charge in [0.1, 0.15) is 6.10 Å². The molecular weight excluding hydrogens is 212 g/mol. The van der Waals surface area contributed by atoms with Crippen molar-refractivity contribution in [3.8, 4) is 0 Å². The molecule has 0 aliphatic rings. The quantitative estimate of drug-likeness (QED) is 0.849. The van der Waals surface area contributed by atoms with Gasteiger partial charge in [-0.15, -0.1) is 0 Å². The minimum Gasteiger partial charge on any atom is -0.386 e. The van der Waals surface area contributed by atoms with E-state index in [9.17, 15) is 5.11 Å². The van der Waals surface area contributed by atoms with Crippen LogP contribution in [0.15, 0.2) is 18.2 Å². The average Bonchev–Trinajstić information content (AvgIpc) is 2.28. The summed E-state index contributed by atoms with van der Waals surface area (Å²) in [6, 6.07) is 6.17. The maximum absolute atomic E-state index is 10.5. The highest BCUT2D eigenvalue weighted by Gasteiger charge is 2.25. The fourth-order valence-corrected chi connectivity index (χ4v) is 2.10. The van der Waals surface area contributed by atoms with Gasteiger partial charge in [-0.3, -0.25) is 0 Å². The zero-order valence-corrected chi connectivity index (χ0v) is 11.5. The molecule has 2 unspecified atom stereocenters. The van der Waals surface area contributed by atoms with E-state index < -0.39 is 6.10 Å². The minimum absolute atomic E-state index is 0.138. The van der Waals surface area contributed by atoms with Gasteiger partial charge in [0.2, 0.25) is 0 Å². The van der Waals surface area contributed by atoms with E-state index in [0.29, 0.717) is 12.5 Å². The number of aryl methyl sites for hydroxylation is 2. The predicted molar refractivity (Wildman–Crippen MR) is 71.1 cm³/mol. The van der Waals surface area contributed by atoms with Gasteiger partial charge in [0.25, 0.3) is 0 Å². The Morgan fingerprint density at radius 1 is 1.24 bits per heavy atom. The molecule has 1 rings (SSSR count). The van der Waals surface area contributed by atoms with Crippen LogP contribution in [0.1, 0.15) is 43.6 Å². The summed E-state index contributed by atoms with van der Waals surface area (Å²) in [5, 5.41) is 10.5. The van der Waals surface area contributed by atoms with Gasteiger partial charge in [0.05, 0.1) is 6.10 Å². The monoisotopic (exact) mass is 236 g/mol. The molecule has 17 heavy (non-hydrogen) atoms. The van der Waals surface area contributed by atoms with Crippen LogP contribution in [0.3, 0.4) is 0 Å². The van der Waals surface area contributed by atoms with Crippen LogP contribution >= 0.6 is 0 Å². The maximum atomic E-state index is 10.5. The SMILES string of the molecule is CCOC(C(C)C)C(O)c1cc(C)ccc1C. The van der Waals surface area contributed by atoms with Crippen LogP contribution in [-0.4, -0.2) is 17.8 Å². The van der Waals surface area contributed by atoms with Gasteiger partial charge in [-0.25, -0.2) is 0 Å². The number of hydrogen-bond donors (Lipinski definition) is 1. The first-order chi connectivity index (χ1) is 7.97. The predicted octanol–water partition coefficient (Wildman–Crippen LogP) is 3.40.